The molecular formula is C10H12ClNO2. The van der Waals surface area contributed by atoms with E-state index in [-0.39, 0.29) is 12.5 Å². The van der Waals surface area contributed by atoms with Gasteiger partial charge < -0.3 is 9.73 Å². The standard InChI is InChI=1S/C10H12ClNO2/c1-3-9-8(4-5-14-9)10(13)12-6-7(2)11/h4-5H,2-3,6H2,1H3,(H,12,13). The summed E-state index contributed by atoms with van der Waals surface area (Å²) in [6, 6.07) is 1.64. The molecule has 1 aromatic rings. The van der Waals surface area contributed by atoms with Crippen molar-refractivity contribution in [2.75, 3.05) is 6.54 Å². The van der Waals surface area contributed by atoms with Crippen LogP contribution in [0, 0.1) is 0 Å². The topological polar surface area (TPSA) is 42.2 Å². The lowest BCUT2D eigenvalue weighted by Gasteiger charge is -2.02. The first-order valence-corrected chi connectivity index (χ1v) is 4.70. The van der Waals surface area contributed by atoms with Crippen molar-refractivity contribution in [3.05, 3.63) is 35.3 Å². The minimum absolute atomic E-state index is 0.183. The second kappa shape index (κ2) is 4.86. The van der Waals surface area contributed by atoms with Crippen molar-refractivity contribution >= 4 is 17.5 Å². The molecule has 0 atom stereocenters. The zero-order chi connectivity index (χ0) is 10.6. The molecule has 0 radical (unpaired) electrons. The molecule has 1 N–H and O–H groups in total. The molecule has 3 nitrogen and oxygen atoms in total. The summed E-state index contributed by atoms with van der Waals surface area (Å²) in [6.45, 7) is 5.68. The number of hydrogen-bond acceptors (Lipinski definition) is 2. The Morgan fingerprint density at radius 3 is 3.00 bits per heavy atom. The van der Waals surface area contributed by atoms with Gasteiger partial charge in [0.1, 0.15) is 5.76 Å². The molecule has 1 heterocycles. The summed E-state index contributed by atoms with van der Waals surface area (Å²) in [6.07, 6.45) is 2.20. The van der Waals surface area contributed by atoms with Crippen LogP contribution < -0.4 is 5.32 Å². The van der Waals surface area contributed by atoms with Gasteiger partial charge in [-0.3, -0.25) is 4.79 Å². The number of rotatable bonds is 4. The zero-order valence-corrected chi connectivity index (χ0v) is 8.73. The van der Waals surface area contributed by atoms with Crippen molar-refractivity contribution < 1.29 is 9.21 Å². The van der Waals surface area contributed by atoms with Crippen LogP contribution >= 0.6 is 11.6 Å². The average molecular weight is 214 g/mol. The van der Waals surface area contributed by atoms with Gasteiger partial charge in [-0.15, -0.1) is 0 Å². The smallest absolute Gasteiger partial charge is 0.255 e. The summed E-state index contributed by atoms with van der Waals surface area (Å²) in [5.74, 6) is 0.500. The molecule has 1 amide bonds. The molecule has 1 aromatic heterocycles. The molecule has 0 saturated carbocycles. The van der Waals surface area contributed by atoms with Crippen LogP contribution in [-0.4, -0.2) is 12.5 Å². The molecule has 0 bridgehead atoms. The monoisotopic (exact) mass is 213 g/mol. The molecule has 0 aliphatic carbocycles. The molecule has 0 saturated heterocycles. The molecular weight excluding hydrogens is 202 g/mol. The van der Waals surface area contributed by atoms with Gasteiger partial charge in [0.15, 0.2) is 0 Å². The Hall–Kier alpha value is -1.22. The van der Waals surface area contributed by atoms with Crippen LogP contribution in [0.3, 0.4) is 0 Å². The first-order valence-electron chi connectivity index (χ1n) is 4.33. The number of hydrogen-bond donors (Lipinski definition) is 1. The van der Waals surface area contributed by atoms with Crippen molar-refractivity contribution in [3.8, 4) is 0 Å². The minimum Gasteiger partial charge on any atom is -0.469 e. The van der Waals surface area contributed by atoms with Gasteiger partial charge in [0.05, 0.1) is 18.4 Å². The zero-order valence-electron chi connectivity index (χ0n) is 7.97. The van der Waals surface area contributed by atoms with Crippen LogP contribution in [0.5, 0.6) is 0 Å². The van der Waals surface area contributed by atoms with E-state index < -0.39 is 0 Å². The van der Waals surface area contributed by atoms with E-state index in [1.807, 2.05) is 6.92 Å². The summed E-state index contributed by atoms with van der Waals surface area (Å²) in [5.41, 5.74) is 0.561. The lowest BCUT2D eigenvalue weighted by molar-refractivity contribution is 0.0955. The van der Waals surface area contributed by atoms with Gasteiger partial charge in [-0.1, -0.05) is 25.1 Å². The summed E-state index contributed by atoms with van der Waals surface area (Å²) < 4.78 is 5.13. The normalized spacial score (nSPS) is 9.86. The molecule has 76 valence electrons. The van der Waals surface area contributed by atoms with E-state index in [2.05, 4.69) is 11.9 Å². The summed E-state index contributed by atoms with van der Waals surface area (Å²) in [7, 11) is 0. The van der Waals surface area contributed by atoms with E-state index in [9.17, 15) is 4.79 Å². The SMILES string of the molecule is C=C(Cl)CNC(=O)c1ccoc1CC. The Kier molecular flexibility index (Phi) is 3.77. The van der Waals surface area contributed by atoms with Crippen molar-refractivity contribution in [2.24, 2.45) is 0 Å². The summed E-state index contributed by atoms with van der Waals surface area (Å²) >= 11 is 5.52. The number of furan rings is 1. The van der Waals surface area contributed by atoms with Gasteiger partial charge in [0.2, 0.25) is 0 Å². The Morgan fingerprint density at radius 2 is 2.43 bits per heavy atom. The fraction of sp³-hybridized carbons (Fsp3) is 0.300. The van der Waals surface area contributed by atoms with Gasteiger partial charge in [-0.05, 0) is 6.07 Å². The highest BCUT2D eigenvalue weighted by Gasteiger charge is 2.12. The number of carbonyl (C=O) groups excluding carboxylic acids is 1. The largest absolute Gasteiger partial charge is 0.469 e. The first-order chi connectivity index (χ1) is 6.65. The number of carbonyl (C=O) groups is 1. The third-order valence-corrected chi connectivity index (χ3v) is 1.89. The second-order valence-electron chi connectivity index (χ2n) is 2.81. The Bertz CT molecular complexity index is 344. The molecule has 4 heteroatoms. The highest BCUT2D eigenvalue weighted by atomic mass is 35.5. The Balaban J connectivity index is 2.64. The molecule has 0 aliphatic heterocycles. The van der Waals surface area contributed by atoms with E-state index in [4.69, 9.17) is 16.0 Å². The number of nitrogens with one attached hydrogen (secondary N) is 1. The number of aryl methyl sites for hydroxylation is 1. The fourth-order valence-corrected chi connectivity index (χ4v) is 1.15. The van der Waals surface area contributed by atoms with Gasteiger partial charge in [-0.2, -0.15) is 0 Å². The molecule has 14 heavy (non-hydrogen) atoms. The second-order valence-corrected chi connectivity index (χ2v) is 3.35. The third-order valence-electron chi connectivity index (χ3n) is 1.75. The van der Waals surface area contributed by atoms with Crippen LogP contribution in [0.1, 0.15) is 23.0 Å². The Labute approximate surface area is 87.7 Å². The average Bonchev–Trinajstić information content (AvgIpc) is 2.61. The quantitative estimate of drug-likeness (QED) is 0.834. The van der Waals surface area contributed by atoms with Crippen LogP contribution in [-0.2, 0) is 6.42 Å². The maximum absolute atomic E-state index is 11.5. The van der Waals surface area contributed by atoms with Crippen molar-refractivity contribution in [2.45, 2.75) is 13.3 Å². The van der Waals surface area contributed by atoms with Crippen molar-refractivity contribution in [1.82, 2.24) is 5.32 Å². The molecule has 0 aliphatic rings. The van der Waals surface area contributed by atoms with Gasteiger partial charge in [0, 0.05) is 11.5 Å². The van der Waals surface area contributed by atoms with Crippen molar-refractivity contribution in [3.63, 3.8) is 0 Å². The number of halogens is 1. The molecule has 0 unspecified atom stereocenters. The molecule has 0 spiro atoms. The molecule has 0 aromatic carbocycles. The maximum atomic E-state index is 11.5. The highest BCUT2D eigenvalue weighted by molar-refractivity contribution is 6.29. The van der Waals surface area contributed by atoms with Crippen LogP contribution in [0.25, 0.3) is 0 Å². The van der Waals surface area contributed by atoms with Gasteiger partial charge in [0.25, 0.3) is 5.91 Å². The van der Waals surface area contributed by atoms with Gasteiger partial charge in [-0.25, -0.2) is 0 Å². The number of amides is 1. The molecule has 0 fully saturated rings. The van der Waals surface area contributed by atoms with Crippen LogP contribution in [0.2, 0.25) is 0 Å². The van der Waals surface area contributed by atoms with Gasteiger partial charge >= 0.3 is 0 Å². The Morgan fingerprint density at radius 1 is 1.71 bits per heavy atom. The third kappa shape index (κ3) is 2.64. The van der Waals surface area contributed by atoms with E-state index >= 15 is 0 Å². The predicted octanol–water partition coefficient (Wildman–Crippen LogP) is 2.32. The first kappa shape index (κ1) is 10.9. The summed E-state index contributed by atoms with van der Waals surface area (Å²) in [4.78, 5) is 11.5. The lowest BCUT2D eigenvalue weighted by Crippen LogP contribution is -2.24. The fourth-order valence-electron chi connectivity index (χ4n) is 1.09. The van der Waals surface area contributed by atoms with E-state index in [0.29, 0.717) is 22.8 Å². The molecule has 1 rings (SSSR count). The minimum atomic E-state index is -0.183. The highest BCUT2D eigenvalue weighted by Crippen LogP contribution is 2.10. The summed E-state index contributed by atoms with van der Waals surface area (Å²) in [5, 5.41) is 3.03. The van der Waals surface area contributed by atoms with E-state index in [0.717, 1.165) is 0 Å². The maximum Gasteiger partial charge on any atom is 0.255 e. The predicted molar refractivity (Wildman–Crippen MR) is 55.4 cm³/mol. The van der Waals surface area contributed by atoms with Crippen LogP contribution in [0.4, 0.5) is 0 Å². The van der Waals surface area contributed by atoms with E-state index in [1.54, 1.807) is 6.07 Å². The lowest BCUT2D eigenvalue weighted by atomic mass is 10.2. The van der Waals surface area contributed by atoms with E-state index in [1.165, 1.54) is 6.26 Å². The van der Waals surface area contributed by atoms with Crippen LogP contribution in [0.15, 0.2) is 28.4 Å². The van der Waals surface area contributed by atoms with Crippen molar-refractivity contribution in [1.29, 1.82) is 0 Å².